The number of rotatable bonds is 9. The van der Waals surface area contributed by atoms with Gasteiger partial charge in [-0.2, -0.15) is 0 Å². The minimum absolute atomic E-state index is 0.0579. The van der Waals surface area contributed by atoms with Gasteiger partial charge in [-0.15, -0.1) is 0 Å². The molecule has 1 amide bonds. The summed E-state index contributed by atoms with van der Waals surface area (Å²) in [6.07, 6.45) is 1.01. The van der Waals surface area contributed by atoms with Crippen molar-refractivity contribution in [2.45, 2.75) is 53.1 Å². The average Bonchev–Trinajstić information content (AvgIpc) is 2.20. The lowest BCUT2D eigenvalue weighted by atomic mass is 10.2. The van der Waals surface area contributed by atoms with Crippen LogP contribution in [0.25, 0.3) is 0 Å². The molecule has 0 aliphatic carbocycles. The van der Waals surface area contributed by atoms with Crippen LogP contribution in [0.15, 0.2) is 0 Å². The first-order valence-electron chi connectivity index (χ1n) is 6.65. The Kier molecular flexibility index (Phi) is 9.09. The molecule has 0 aliphatic rings. The Morgan fingerprint density at radius 1 is 1.12 bits per heavy atom. The molecule has 2 N–H and O–H groups in total. The lowest BCUT2D eigenvalue weighted by Crippen LogP contribution is -2.40. The van der Waals surface area contributed by atoms with Gasteiger partial charge in [0.15, 0.2) is 0 Å². The van der Waals surface area contributed by atoms with E-state index in [1.807, 2.05) is 0 Å². The fourth-order valence-corrected chi connectivity index (χ4v) is 1.67. The number of hydrogen-bond acceptors (Lipinski definition) is 3. The summed E-state index contributed by atoms with van der Waals surface area (Å²) >= 11 is 0. The SMILES string of the molecule is CC(=O)NCCCN(CCNC(C)C)C(C)C. The zero-order valence-electron chi connectivity index (χ0n) is 12.0. The molecule has 0 aromatic heterocycles. The lowest BCUT2D eigenvalue weighted by Gasteiger charge is -2.27. The molecule has 4 nitrogen and oxygen atoms in total. The van der Waals surface area contributed by atoms with E-state index in [-0.39, 0.29) is 5.91 Å². The Balaban J connectivity index is 3.71. The Labute approximate surface area is 106 Å². The van der Waals surface area contributed by atoms with E-state index in [0.29, 0.717) is 12.1 Å². The van der Waals surface area contributed by atoms with Crippen LogP contribution in [0.4, 0.5) is 0 Å². The number of nitrogens with zero attached hydrogens (tertiary/aromatic N) is 1. The van der Waals surface area contributed by atoms with Crippen LogP contribution in [0.3, 0.4) is 0 Å². The zero-order valence-corrected chi connectivity index (χ0v) is 12.0. The van der Waals surface area contributed by atoms with E-state index in [4.69, 9.17) is 0 Å². The lowest BCUT2D eigenvalue weighted by molar-refractivity contribution is -0.118. The van der Waals surface area contributed by atoms with Gasteiger partial charge in [-0.1, -0.05) is 13.8 Å². The van der Waals surface area contributed by atoms with E-state index >= 15 is 0 Å². The van der Waals surface area contributed by atoms with E-state index in [1.165, 1.54) is 0 Å². The summed E-state index contributed by atoms with van der Waals surface area (Å²) in [5.41, 5.74) is 0. The first-order chi connectivity index (χ1) is 7.93. The molecule has 0 saturated heterocycles. The number of carbonyl (C=O) groups is 1. The van der Waals surface area contributed by atoms with Gasteiger partial charge >= 0.3 is 0 Å². The van der Waals surface area contributed by atoms with Crippen LogP contribution < -0.4 is 10.6 Å². The first-order valence-corrected chi connectivity index (χ1v) is 6.65. The van der Waals surface area contributed by atoms with Crippen LogP contribution in [-0.4, -0.2) is 49.1 Å². The third-order valence-electron chi connectivity index (χ3n) is 2.68. The summed E-state index contributed by atoms with van der Waals surface area (Å²) < 4.78 is 0. The summed E-state index contributed by atoms with van der Waals surface area (Å²) in [5, 5.41) is 6.26. The largest absolute Gasteiger partial charge is 0.356 e. The van der Waals surface area contributed by atoms with Gasteiger partial charge in [-0.05, 0) is 20.3 Å². The van der Waals surface area contributed by atoms with Gasteiger partial charge in [0, 0.05) is 45.2 Å². The molecule has 0 atom stereocenters. The predicted octanol–water partition coefficient (Wildman–Crippen LogP) is 1.22. The van der Waals surface area contributed by atoms with Crippen LogP contribution in [0.2, 0.25) is 0 Å². The van der Waals surface area contributed by atoms with Crippen molar-refractivity contribution in [2.75, 3.05) is 26.2 Å². The van der Waals surface area contributed by atoms with Gasteiger partial charge in [0.1, 0.15) is 0 Å². The summed E-state index contributed by atoms with van der Waals surface area (Å²) in [6.45, 7) is 14.2. The summed E-state index contributed by atoms with van der Waals surface area (Å²) in [5.74, 6) is 0.0579. The molecule has 0 spiro atoms. The predicted molar refractivity (Wildman–Crippen MR) is 73.1 cm³/mol. The number of amides is 1. The summed E-state index contributed by atoms with van der Waals surface area (Å²) in [7, 11) is 0. The number of hydrogen-bond donors (Lipinski definition) is 2. The second-order valence-corrected chi connectivity index (χ2v) is 5.08. The zero-order chi connectivity index (χ0) is 13.3. The van der Waals surface area contributed by atoms with Gasteiger partial charge < -0.3 is 10.6 Å². The van der Waals surface area contributed by atoms with Crippen LogP contribution in [0.5, 0.6) is 0 Å². The van der Waals surface area contributed by atoms with Crippen molar-refractivity contribution in [3.05, 3.63) is 0 Å². The smallest absolute Gasteiger partial charge is 0.216 e. The molecule has 0 rings (SSSR count). The molecular formula is C13H29N3O. The fourth-order valence-electron chi connectivity index (χ4n) is 1.67. The number of nitrogens with one attached hydrogen (secondary N) is 2. The van der Waals surface area contributed by atoms with E-state index in [9.17, 15) is 4.79 Å². The van der Waals surface area contributed by atoms with Crippen LogP contribution in [0.1, 0.15) is 41.0 Å². The standard InChI is InChI=1S/C13H29N3O/c1-11(2)14-8-10-16(12(3)4)9-6-7-15-13(5)17/h11-12,14H,6-10H2,1-5H3,(H,15,17). The maximum absolute atomic E-state index is 10.7. The van der Waals surface area contributed by atoms with Gasteiger partial charge in [0.2, 0.25) is 5.91 Å². The van der Waals surface area contributed by atoms with Crippen molar-refractivity contribution in [2.24, 2.45) is 0 Å². The minimum atomic E-state index is 0.0579. The van der Waals surface area contributed by atoms with Crippen molar-refractivity contribution in [1.82, 2.24) is 15.5 Å². The molecule has 0 saturated carbocycles. The second kappa shape index (κ2) is 9.42. The Hall–Kier alpha value is -0.610. The highest BCUT2D eigenvalue weighted by atomic mass is 16.1. The maximum Gasteiger partial charge on any atom is 0.216 e. The molecule has 102 valence electrons. The normalized spacial score (nSPS) is 11.5. The fraction of sp³-hybridized carbons (Fsp3) is 0.923. The Morgan fingerprint density at radius 3 is 2.24 bits per heavy atom. The first kappa shape index (κ1) is 16.4. The number of carbonyl (C=O) groups excluding carboxylic acids is 1. The monoisotopic (exact) mass is 243 g/mol. The molecule has 0 bridgehead atoms. The van der Waals surface area contributed by atoms with Crippen molar-refractivity contribution in [1.29, 1.82) is 0 Å². The molecule has 0 heterocycles. The third-order valence-corrected chi connectivity index (χ3v) is 2.68. The molecule has 4 heteroatoms. The van der Waals surface area contributed by atoms with Crippen LogP contribution >= 0.6 is 0 Å². The molecular weight excluding hydrogens is 214 g/mol. The molecule has 0 unspecified atom stereocenters. The van der Waals surface area contributed by atoms with Crippen molar-refractivity contribution in [3.8, 4) is 0 Å². The van der Waals surface area contributed by atoms with E-state index in [2.05, 4.69) is 43.2 Å². The quantitative estimate of drug-likeness (QED) is 0.599. The van der Waals surface area contributed by atoms with Gasteiger partial charge in [0.05, 0.1) is 0 Å². The molecule has 0 radical (unpaired) electrons. The average molecular weight is 243 g/mol. The Bertz CT molecular complexity index is 205. The van der Waals surface area contributed by atoms with E-state index in [0.717, 1.165) is 32.6 Å². The Morgan fingerprint density at radius 2 is 1.76 bits per heavy atom. The molecule has 0 fully saturated rings. The topological polar surface area (TPSA) is 44.4 Å². The van der Waals surface area contributed by atoms with E-state index < -0.39 is 0 Å². The highest BCUT2D eigenvalue weighted by Crippen LogP contribution is 1.98. The van der Waals surface area contributed by atoms with Crippen LogP contribution in [-0.2, 0) is 4.79 Å². The van der Waals surface area contributed by atoms with Gasteiger partial charge in [-0.3, -0.25) is 9.69 Å². The highest BCUT2D eigenvalue weighted by molar-refractivity contribution is 5.72. The highest BCUT2D eigenvalue weighted by Gasteiger charge is 2.08. The molecule has 17 heavy (non-hydrogen) atoms. The van der Waals surface area contributed by atoms with Gasteiger partial charge in [0.25, 0.3) is 0 Å². The summed E-state index contributed by atoms with van der Waals surface area (Å²) in [4.78, 5) is 13.2. The molecule has 0 aromatic rings. The molecule has 0 aliphatic heterocycles. The minimum Gasteiger partial charge on any atom is -0.356 e. The van der Waals surface area contributed by atoms with Crippen molar-refractivity contribution >= 4 is 5.91 Å². The van der Waals surface area contributed by atoms with Crippen LogP contribution in [0, 0.1) is 0 Å². The maximum atomic E-state index is 10.7. The second-order valence-electron chi connectivity index (χ2n) is 5.08. The van der Waals surface area contributed by atoms with E-state index in [1.54, 1.807) is 6.92 Å². The summed E-state index contributed by atoms with van der Waals surface area (Å²) in [6, 6.07) is 1.10. The van der Waals surface area contributed by atoms with Crippen molar-refractivity contribution in [3.63, 3.8) is 0 Å². The molecule has 0 aromatic carbocycles. The van der Waals surface area contributed by atoms with Gasteiger partial charge in [-0.25, -0.2) is 0 Å². The van der Waals surface area contributed by atoms with Crippen molar-refractivity contribution < 1.29 is 4.79 Å². The third kappa shape index (κ3) is 10.3.